The highest BCUT2D eigenvalue weighted by Gasteiger charge is 2.20. The molecule has 1 heterocycles. The molecule has 4 nitrogen and oxygen atoms in total. The molecule has 4 aromatic rings. The number of hydrogen-bond donors (Lipinski definition) is 1. The van der Waals surface area contributed by atoms with Crippen molar-refractivity contribution in [2.75, 3.05) is 0 Å². The molecule has 3 aromatic carbocycles. The molecule has 0 spiro atoms. The summed E-state index contributed by atoms with van der Waals surface area (Å²) >= 11 is 0. The van der Waals surface area contributed by atoms with E-state index in [1.807, 2.05) is 60.7 Å². The van der Waals surface area contributed by atoms with Gasteiger partial charge in [0.05, 0.1) is 17.6 Å². The maximum Gasteiger partial charge on any atom is 0.349 e. The van der Waals surface area contributed by atoms with Crippen LogP contribution in [0.5, 0.6) is 5.75 Å². The van der Waals surface area contributed by atoms with E-state index in [-0.39, 0.29) is 11.3 Å². The fourth-order valence-electron chi connectivity index (χ4n) is 3.01. The maximum absolute atomic E-state index is 12.7. The van der Waals surface area contributed by atoms with Gasteiger partial charge in [0.2, 0.25) is 0 Å². The van der Waals surface area contributed by atoms with Gasteiger partial charge in [-0.2, -0.15) is 0 Å². The highest BCUT2D eigenvalue weighted by Crippen LogP contribution is 2.28. The molecular weight excluding hydrogens is 338 g/mol. The lowest BCUT2D eigenvalue weighted by molar-refractivity contribution is 0.466. The summed E-state index contributed by atoms with van der Waals surface area (Å²) in [5.41, 5.74) is 1.98. The van der Waals surface area contributed by atoms with Crippen LogP contribution in [0.4, 0.5) is 0 Å². The summed E-state index contributed by atoms with van der Waals surface area (Å²) in [6, 6.07) is 26.0. The van der Waals surface area contributed by atoms with Crippen molar-refractivity contribution in [1.82, 2.24) is 0 Å². The summed E-state index contributed by atoms with van der Waals surface area (Å²) in [4.78, 5) is 17.3. The molecular formula is C23H17NO3. The lowest BCUT2D eigenvalue weighted by atomic mass is 10.0. The summed E-state index contributed by atoms with van der Waals surface area (Å²) < 4.78 is 5.43. The minimum atomic E-state index is -0.609. The van der Waals surface area contributed by atoms with Gasteiger partial charge < -0.3 is 9.52 Å². The van der Waals surface area contributed by atoms with Gasteiger partial charge in [-0.15, -0.1) is 0 Å². The van der Waals surface area contributed by atoms with Gasteiger partial charge in [-0.3, -0.25) is 4.99 Å². The Labute approximate surface area is 156 Å². The zero-order chi connectivity index (χ0) is 18.6. The number of hydrogen-bond acceptors (Lipinski definition) is 4. The molecule has 1 aromatic heterocycles. The van der Waals surface area contributed by atoms with Crippen LogP contribution in [0.2, 0.25) is 0 Å². The van der Waals surface area contributed by atoms with Crippen LogP contribution in [0.1, 0.15) is 16.7 Å². The first-order valence-electron chi connectivity index (χ1n) is 8.63. The number of aliphatic imine (C=N–C) groups is 1. The van der Waals surface area contributed by atoms with Crippen LogP contribution >= 0.6 is 0 Å². The molecule has 132 valence electrons. The number of nitrogens with zero attached hydrogens (tertiary/aromatic N) is 1. The molecule has 0 aliphatic rings. The van der Waals surface area contributed by atoms with Crippen molar-refractivity contribution in [3.8, 4) is 5.75 Å². The Balaban J connectivity index is 1.92. The van der Waals surface area contributed by atoms with Crippen LogP contribution < -0.4 is 5.63 Å². The molecule has 0 aliphatic carbocycles. The fourth-order valence-corrected chi connectivity index (χ4v) is 3.01. The molecule has 27 heavy (non-hydrogen) atoms. The molecule has 0 atom stereocenters. The van der Waals surface area contributed by atoms with Gasteiger partial charge in [-0.25, -0.2) is 4.79 Å². The Morgan fingerprint density at radius 1 is 0.852 bits per heavy atom. The monoisotopic (exact) mass is 355 g/mol. The van der Waals surface area contributed by atoms with Crippen LogP contribution in [0.15, 0.2) is 99.1 Å². The van der Waals surface area contributed by atoms with E-state index in [4.69, 9.17) is 4.42 Å². The van der Waals surface area contributed by atoms with Crippen molar-refractivity contribution in [2.24, 2.45) is 4.99 Å². The van der Waals surface area contributed by atoms with Gasteiger partial charge in [0.25, 0.3) is 0 Å². The average molecular weight is 355 g/mol. The topological polar surface area (TPSA) is 62.8 Å². The van der Waals surface area contributed by atoms with Gasteiger partial charge in [-0.1, -0.05) is 72.8 Å². The van der Waals surface area contributed by atoms with E-state index in [1.165, 1.54) is 0 Å². The molecule has 0 amide bonds. The third-order valence-corrected chi connectivity index (χ3v) is 4.33. The first-order valence-corrected chi connectivity index (χ1v) is 8.63. The van der Waals surface area contributed by atoms with Gasteiger partial charge >= 0.3 is 5.63 Å². The highest BCUT2D eigenvalue weighted by atomic mass is 16.4. The lowest BCUT2D eigenvalue weighted by Gasteiger charge is -2.10. The third-order valence-electron chi connectivity index (χ3n) is 4.33. The molecule has 0 radical (unpaired) electrons. The summed E-state index contributed by atoms with van der Waals surface area (Å²) in [6.07, 6.45) is 0. The zero-order valence-corrected chi connectivity index (χ0v) is 14.5. The van der Waals surface area contributed by atoms with E-state index in [9.17, 15) is 9.90 Å². The van der Waals surface area contributed by atoms with Gasteiger partial charge in [-0.05, 0) is 17.7 Å². The number of rotatable bonds is 4. The number of fused-ring (bicyclic) bond motifs is 1. The van der Waals surface area contributed by atoms with Gasteiger partial charge in [0, 0.05) is 5.56 Å². The van der Waals surface area contributed by atoms with Crippen molar-refractivity contribution in [3.05, 3.63) is 112 Å². The van der Waals surface area contributed by atoms with Gasteiger partial charge in [0.1, 0.15) is 16.9 Å². The van der Waals surface area contributed by atoms with Crippen LogP contribution in [0.3, 0.4) is 0 Å². The van der Waals surface area contributed by atoms with E-state index in [2.05, 4.69) is 4.99 Å². The standard InChI is InChI=1S/C23H17NO3/c25-22-18-13-7-8-14-19(18)27-23(26)20(22)21(17-11-5-2-6-12-17)24-15-16-9-3-1-4-10-16/h1-14,25H,15H2. The largest absolute Gasteiger partial charge is 0.506 e. The Bertz CT molecular complexity index is 1160. The number of para-hydroxylation sites is 1. The summed E-state index contributed by atoms with van der Waals surface area (Å²) in [5.74, 6) is -0.113. The summed E-state index contributed by atoms with van der Waals surface area (Å²) in [7, 11) is 0. The van der Waals surface area contributed by atoms with E-state index in [0.717, 1.165) is 11.1 Å². The van der Waals surface area contributed by atoms with Crippen molar-refractivity contribution >= 4 is 16.7 Å². The molecule has 1 N–H and O–H groups in total. The second-order valence-corrected chi connectivity index (χ2v) is 6.13. The third kappa shape index (κ3) is 3.37. The Morgan fingerprint density at radius 2 is 1.48 bits per heavy atom. The molecule has 4 rings (SSSR count). The normalized spacial score (nSPS) is 11.6. The van der Waals surface area contributed by atoms with Crippen LogP contribution in [0.25, 0.3) is 11.0 Å². The molecule has 0 aliphatic heterocycles. The summed E-state index contributed by atoms with van der Waals surface area (Å²) in [5, 5.41) is 11.3. The van der Waals surface area contributed by atoms with E-state index in [1.54, 1.807) is 24.3 Å². The highest BCUT2D eigenvalue weighted by molar-refractivity contribution is 6.15. The Morgan fingerprint density at radius 3 is 2.22 bits per heavy atom. The van der Waals surface area contributed by atoms with Crippen LogP contribution in [0, 0.1) is 0 Å². The van der Waals surface area contributed by atoms with E-state index >= 15 is 0 Å². The van der Waals surface area contributed by atoms with E-state index in [0.29, 0.717) is 23.2 Å². The van der Waals surface area contributed by atoms with Crippen molar-refractivity contribution in [3.63, 3.8) is 0 Å². The average Bonchev–Trinajstić information content (AvgIpc) is 2.72. The molecule has 0 unspecified atom stereocenters. The van der Waals surface area contributed by atoms with Gasteiger partial charge in [0.15, 0.2) is 0 Å². The predicted octanol–water partition coefficient (Wildman–Crippen LogP) is 4.54. The van der Waals surface area contributed by atoms with E-state index < -0.39 is 5.63 Å². The summed E-state index contributed by atoms with van der Waals surface area (Å²) in [6.45, 7) is 0.386. The minimum absolute atomic E-state index is 0.0795. The second-order valence-electron chi connectivity index (χ2n) is 6.13. The number of aromatic hydroxyl groups is 1. The van der Waals surface area contributed by atoms with Crippen molar-refractivity contribution < 1.29 is 9.52 Å². The molecule has 0 saturated heterocycles. The minimum Gasteiger partial charge on any atom is -0.506 e. The molecule has 0 saturated carbocycles. The second kappa shape index (κ2) is 7.30. The first kappa shape index (κ1) is 16.8. The molecule has 0 fully saturated rings. The fraction of sp³-hybridized carbons (Fsp3) is 0.0435. The zero-order valence-electron chi connectivity index (χ0n) is 14.5. The molecule has 0 bridgehead atoms. The van der Waals surface area contributed by atoms with Crippen molar-refractivity contribution in [1.29, 1.82) is 0 Å². The predicted molar refractivity (Wildman–Crippen MR) is 106 cm³/mol. The SMILES string of the molecule is O=c1oc2ccccc2c(O)c1C(=NCc1ccccc1)c1ccccc1. The smallest absolute Gasteiger partial charge is 0.349 e. The maximum atomic E-state index is 12.7. The first-order chi connectivity index (χ1) is 13.2. The quantitative estimate of drug-likeness (QED) is 0.432. The molecule has 4 heteroatoms. The van der Waals surface area contributed by atoms with Crippen LogP contribution in [-0.4, -0.2) is 10.8 Å². The van der Waals surface area contributed by atoms with Crippen LogP contribution in [-0.2, 0) is 6.54 Å². The van der Waals surface area contributed by atoms with Crippen molar-refractivity contribution in [2.45, 2.75) is 6.54 Å². The number of benzene rings is 3. The Hall–Kier alpha value is -3.66. The lowest BCUT2D eigenvalue weighted by Crippen LogP contribution is -2.16. The Kier molecular flexibility index (Phi) is 4.54.